The van der Waals surface area contributed by atoms with Gasteiger partial charge in [0.15, 0.2) is 0 Å². The summed E-state index contributed by atoms with van der Waals surface area (Å²) in [5, 5.41) is 0. The van der Waals surface area contributed by atoms with Crippen molar-refractivity contribution in [1.82, 2.24) is 0 Å². The molecule has 0 aromatic rings. The van der Waals surface area contributed by atoms with Crippen LogP contribution in [-0.4, -0.2) is 67.1 Å². The van der Waals surface area contributed by atoms with E-state index in [1.54, 1.807) is 0 Å². The van der Waals surface area contributed by atoms with Gasteiger partial charge < -0.3 is 9.47 Å². The Morgan fingerprint density at radius 1 is 0.553 bits per heavy atom. The summed E-state index contributed by atoms with van der Waals surface area (Å²) >= 11 is 0. The molecular formula is C19H21F17O2. The van der Waals surface area contributed by atoms with Crippen LogP contribution in [-0.2, 0) is 9.47 Å². The van der Waals surface area contributed by atoms with E-state index in [1.807, 2.05) is 0 Å². The van der Waals surface area contributed by atoms with Crippen molar-refractivity contribution in [2.45, 2.75) is 94.0 Å². The molecule has 0 aliphatic carbocycles. The second-order valence-corrected chi connectivity index (χ2v) is 8.70. The van der Waals surface area contributed by atoms with Crippen molar-refractivity contribution in [2.75, 3.05) is 13.7 Å². The summed E-state index contributed by atoms with van der Waals surface area (Å²) in [6.07, 6.45) is -41.3. The molecule has 0 aromatic carbocycles. The number of methoxy groups -OCH3 is 1. The molecule has 0 aliphatic heterocycles. The van der Waals surface area contributed by atoms with E-state index >= 15 is 0 Å². The Hall–Kier alpha value is -1.53. The van der Waals surface area contributed by atoms with Gasteiger partial charge in [0.25, 0.3) is 0 Å². The molecule has 1 unspecified atom stereocenters. The fourth-order valence-electron chi connectivity index (χ4n) is 3.15. The molecule has 0 heterocycles. The highest BCUT2D eigenvalue weighted by Gasteiger charge is 2.87. The average Bonchev–Trinajstić information content (AvgIpc) is 2.66. The van der Waals surface area contributed by atoms with Gasteiger partial charge in [-0.1, -0.05) is 6.92 Å². The predicted molar refractivity (Wildman–Crippen MR) is 95.3 cm³/mol. The van der Waals surface area contributed by atoms with Gasteiger partial charge in [0.05, 0.1) is 29.0 Å². The summed E-state index contributed by atoms with van der Waals surface area (Å²) < 4.78 is 242. The molecule has 0 aliphatic rings. The Balaban J connectivity index is 8.41. The molecule has 0 spiro atoms. The van der Waals surface area contributed by atoms with Crippen molar-refractivity contribution in [2.24, 2.45) is 0 Å². The van der Waals surface area contributed by atoms with Crippen LogP contribution in [0.25, 0.3) is 0 Å². The van der Waals surface area contributed by atoms with Gasteiger partial charge in [-0.25, -0.2) is 8.78 Å². The topological polar surface area (TPSA) is 18.5 Å². The first-order chi connectivity index (χ1) is 16.3. The number of allylic oxidation sites excluding steroid dienone is 1. The number of alkyl halides is 17. The van der Waals surface area contributed by atoms with Crippen LogP contribution in [0.15, 0.2) is 11.1 Å². The second kappa shape index (κ2) is 10.5. The molecule has 0 rings (SSSR count). The second-order valence-electron chi connectivity index (χ2n) is 8.70. The number of hydrogen-bond acceptors (Lipinski definition) is 2. The Bertz CT molecular complexity index is 774. The van der Waals surface area contributed by atoms with Crippen molar-refractivity contribution in [1.29, 1.82) is 0 Å². The van der Waals surface area contributed by atoms with Crippen molar-refractivity contribution >= 4 is 0 Å². The Morgan fingerprint density at radius 3 is 1.08 bits per heavy atom. The van der Waals surface area contributed by atoms with Gasteiger partial charge in [-0.2, -0.15) is 65.9 Å². The van der Waals surface area contributed by atoms with Crippen LogP contribution in [0.1, 0.15) is 40.5 Å². The van der Waals surface area contributed by atoms with Gasteiger partial charge >= 0.3 is 42.2 Å². The molecule has 0 bridgehead atoms. The van der Waals surface area contributed by atoms with E-state index in [4.69, 9.17) is 4.74 Å². The molecule has 2 nitrogen and oxygen atoms in total. The summed E-state index contributed by atoms with van der Waals surface area (Å²) in [5.74, 6) is 0. The molecule has 1 atom stereocenters. The third kappa shape index (κ3) is 6.60. The van der Waals surface area contributed by atoms with Crippen molar-refractivity contribution in [3.8, 4) is 0 Å². The highest BCUT2D eigenvalue weighted by atomic mass is 19.4. The zero-order valence-electron chi connectivity index (χ0n) is 19.9. The van der Waals surface area contributed by atoms with Crippen LogP contribution < -0.4 is 0 Å². The zero-order valence-corrected chi connectivity index (χ0v) is 19.9. The van der Waals surface area contributed by atoms with Gasteiger partial charge in [0.1, 0.15) is 0 Å². The van der Waals surface area contributed by atoms with Gasteiger partial charge in [-0.3, -0.25) is 0 Å². The minimum Gasteiger partial charge on any atom is -0.379 e. The lowest BCUT2D eigenvalue weighted by atomic mass is 9.73. The zero-order chi connectivity index (χ0) is 31.2. The SMILES string of the molecule is CCC(C)(OCCC(C)(C)OC)C(=C(C(F)(C(F)(F)F)C(F)(F)F)C(F)(C(F)(F)F)C(F)(F)F)C(F)(F)F. The molecule has 0 saturated carbocycles. The molecule has 0 saturated heterocycles. The summed E-state index contributed by atoms with van der Waals surface area (Å²) in [7, 11) is 1.02. The third-order valence-corrected chi connectivity index (χ3v) is 5.67. The largest absolute Gasteiger partial charge is 0.435 e. The number of hydrogen-bond donors (Lipinski definition) is 0. The first-order valence-electron chi connectivity index (χ1n) is 9.98. The first-order valence-corrected chi connectivity index (χ1v) is 9.98. The van der Waals surface area contributed by atoms with E-state index < -0.39 is 84.0 Å². The van der Waals surface area contributed by atoms with Gasteiger partial charge in [0.2, 0.25) is 0 Å². The minimum absolute atomic E-state index is 0.157. The number of halogens is 17. The molecule has 0 amide bonds. The van der Waals surface area contributed by atoms with Crippen LogP contribution in [0, 0.1) is 0 Å². The molecule has 38 heavy (non-hydrogen) atoms. The fraction of sp³-hybridized carbons (Fsp3) is 0.895. The molecule has 0 fully saturated rings. The maximum absolute atomic E-state index is 14.9. The Kier molecular flexibility index (Phi) is 10.0. The van der Waals surface area contributed by atoms with Gasteiger partial charge in [-0.05, 0) is 33.6 Å². The fourth-order valence-corrected chi connectivity index (χ4v) is 3.15. The number of rotatable bonds is 9. The normalized spacial score (nSPS) is 16.9. The van der Waals surface area contributed by atoms with E-state index in [9.17, 15) is 74.6 Å². The van der Waals surface area contributed by atoms with Crippen LogP contribution in [0.3, 0.4) is 0 Å². The molecular weight excluding hydrogens is 583 g/mol. The van der Waals surface area contributed by atoms with Crippen LogP contribution in [0.4, 0.5) is 74.6 Å². The maximum Gasteiger partial charge on any atom is 0.435 e. The third-order valence-electron chi connectivity index (χ3n) is 5.67. The van der Waals surface area contributed by atoms with Crippen LogP contribution >= 0.6 is 0 Å². The van der Waals surface area contributed by atoms with Crippen molar-refractivity contribution in [3.05, 3.63) is 11.1 Å². The van der Waals surface area contributed by atoms with Gasteiger partial charge in [0, 0.05) is 7.11 Å². The number of ether oxygens (including phenoxy) is 2. The van der Waals surface area contributed by atoms with E-state index in [2.05, 4.69) is 4.74 Å². The summed E-state index contributed by atoms with van der Waals surface area (Å²) in [6.45, 7) is 1.51. The average molecular weight is 604 g/mol. The molecule has 19 heteroatoms. The lowest BCUT2D eigenvalue weighted by Gasteiger charge is -2.45. The quantitative estimate of drug-likeness (QED) is 0.194. The van der Waals surface area contributed by atoms with Crippen LogP contribution in [0.5, 0.6) is 0 Å². The van der Waals surface area contributed by atoms with Crippen molar-refractivity contribution in [3.63, 3.8) is 0 Å². The Labute approximate surface area is 204 Å². The molecule has 0 radical (unpaired) electrons. The van der Waals surface area contributed by atoms with E-state index in [1.165, 1.54) is 13.8 Å². The van der Waals surface area contributed by atoms with E-state index in [0.29, 0.717) is 6.92 Å². The van der Waals surface area contributed by atoms with E-state index in [-0.39, 0.29) is 6.92 Å². The smallest absolute Gasteiger partial charge is 0.379 e. The summed E-state index contributed by atoms with van der Waals surface area (Å²) in [6, 6.07) is 0. The Morgan fingerprint density at radius 2 is 0.868 bits per heavy atom. The van der Waals surface area contributed by atoms with Crippen LogP contribution in [0.2, 0.25) is 0 Å². The molecule has 0 aromatic heterocycles. The lowest BCUT2D eigenvalue weighted by Crippen LogP contribution is -2.67. The van der Waals surface area contributed by atoms with Gasteiger partial charge in [-0.15, -0.1) is 0 Å². The summed E-state index contributed by atoms with van der Waals surface area (Å²) in [5.41, 5.74) is -31.2. The molecule has 0 N–H and O–H groups in total. The summed E-state index contributed by atoms with van der Waals surface area (Å²) in [4.78, 5) is 0. The predicted octanol–water partition coefficient (Wildman–Crippen LogP) is 8.51. The maximum atomic E-state index is 14.9. The standard InChI is InChI=1S/C19H21F17O2/c1-6-12(4,38-8-7-11(2,3)37-5)9(15(22,23)24)10(13(20,16(25,26)27)17(28,29)30)14(21,18(31,32)33)19(34,35)36/h6-8H2,1-5H3. The highest BCUT2D eigenvalue weighted by molar-refractivity contribution is 5.45. The van der Waals surface area contributed by atoms with E-state index in [0.717, 1.165) is 7.11 Å². The van der Waals surface area contributed by atoms with Crippen molar-refractivity contribution < 1.29 is 84.1 Å². The lowest BCUT2D eigenvalue weighted by molar-refractivity contribution is -0.365. The first kappa shape index (κ1) is 36.5. The monoisotopic (exact) mass is 604 g/mol. The minimum atomic E-state index is -8.16. The molecule has 228 valence electrons. The highest BCUT2D eigenvalue weighted by Crippen LogP contribution is 2.64.